The molecule has 3 aliphatic rings. The van der Waals surface area contributed by atoms with Gasteiger partial charge in [0.05, 0.1) is 24.8 Å². The lowest BCUT2D eigenvalue weighted by atomic mass is 9.93. The Balaban J connectivity index is 1.40. The lowest BCUT2D eigenvalue weighted by molar-refractivity contribution is -0.133. The Morgan fingerprint density at radius 1 is 1.36 bits per heavy atom. The molecule has 0 spiro atoms. The van der Waals surface area contributed by atoms with Gasteiger partial charge in [0.1, 0.15) is 0 Å². The molecule has 6 heteroatoms. The molecule has 2 amide bonds. The van der Waals surface area contributed by atoms with E-state index in [1.807, 2.05) is 11.6 Å². The van der Waals surface area contributed by atoms with Crippen LogP contribution in [0, 0.1) is 5.41 Å². The second kappa shape index (κ2) is 6.15. The molecule has 1 aromatic heterocycles. The number of rotatable bonds is 6. The van der Waals surface area contributed by atoms with Crippen LogP contribution in [0.2, 0.25) is 0 Å². The van der Waals surface area contributed by atoms with E-state index in [2.05, 4.69) is 22.1 Å². The maximum atomic E-state index is 12.8. The van der Waals surface area contributed by atoms with E-state index in [1.165, 1.54) is 0 Å². The van der Waals surface area contributed by atoms with Crippen LogP contribution < -0.4 is 5.32 Å². The van der Waals surface area contributed by atoms with Crippen molar-refractivity contribution in [2.75, 3.05) is 0 Å². The second-order valence-electron chi connectivity index (χ2n) is 8.12. The fraction of sp³-hybridized carbons (Fsp3) is 0.737. The van der Waals surface area contributed by atoms with E-state index in [0.717, 1.165) is 50.6 Å². The van der Waals surface area contributed by atoms with Crippen molar-refractivity contribution < 1.29 is 9.59 Å². The minimum atomic E-state index is -0.0971. The lowest BCUT2D eigenvalue weighted by Gasteiger charge is -2.26. The summed E-state index contributed by atoms with van der Waals surface area (Å²) in [7, 11) is 1.92. The van der Waals surface area contributed by atoms with Crippen molar-refractivity contribution >= 4 is 11.8 Å². The zero-order valence-corrected chi connectivity index (χ0v) is 15.2. The molecule has 136 valence electrons. The maximum absolute atomic E-state index is 12.8. The Kier molecular flexibility index (Phi) is 4.08. The van der Waals surface area contributed by atoms with Gasteiger partial charge in [0, 0.05) is 30.4 Å². The van der Waals surface area contributed by atoms with Gasteiger partial charge in [-0.05, 0) is 38.5 Å². The van der Waals surface area contributed by atoms with Gasteiger partial charge >= 0.3 is 0 Å². The molecule has 25 heavy (non-hydrogen) atoms. The van der Waals surface area contributed by atoms with E-state index < -0.39 is 0 Å². The molecule has 1 aliphatic carbocycles. The van der Waals surface area contributed by atoms with Gasteiger partial charge in [0.25, 0.3) is 0 Å². The molecular formula is C19H28N4O2. The largest absolute Gasteiger partial charge is 0.351 e. The van der Waals surface area contributed by atoms with Crippen LogP contribution in [0.1, 0.15) is 57.6 Å². The average Bonchev–Trinajstić information content (AvgIpc) is 2.93. The monoisotopic (exact) mass is 344 g/mol. The third-order valence-electron chi connectivity index (χ3n) is 6.45. The quantitative estimate of drug-likeness (QED) is 0.855. The van der Waals surface area contributed by atoms with Gasteiger partial charge in [-0.3, -0.25) is 9.59 Å². The first-order chi connectivity index (χ1) is 12.0. The van der Waals surface area contributed by atoms with Crippen LogP contribution in [0.25, 0.3) is 0 Å². The van der Waals surface area contributed by atoms with E-state index in [9.17, 15) is 9.59 Å². The van der Waals surface area contributed by atoms with Gasteiger partial charge in [0.15, 0.2) is 0 Å². The standard InChI is InChI=1S/C19H28N4O2/c1-3-6-19(7-8-19)18(25)21-15-9-13-4-5-16(15)23(13)17(24)10-14-11-20-12-22(14)2/h11-13,15-16H,3-10H2,1-2H3,(H,21,25)/t13-,15+,16+/m0/s1. The summed E-state index contributed by atoms with van der Waals surface area (Å²) in [6, 6.07) is 0.598. The highest BCUT2D eigenvalue weighted by Crippen LogP contribution is 2.50. The SMILES string of the molecule is CCCC1(C(=O)N[C@@H]2C[C@@H]3CC[C@H]2N3C(=O)Cc2cncn2C)CC1. The second-order valence-corrected chi connectivity index (χ2v) is 8.12. The molecule has 0 aromatic carbocycles. The first-order valence-electron chi connectivity index (χ1n) is 9.61. The van der Waals surface area contributed by atoms with Crippen molar-refractivity contribution in [3.63, 3.8) is 0 Å². The first kappa shape index (κ1) is 16.6. The predicted molar refractivity (Wildman–Crippen MR) is 93.7 cm³/mol. The van der Waals surface area contributed by atoms with Gasteiger partial charge in [-0.1, -0.05) is 13.3 Å². The summed E-state index contributed by atoms with van der Waals surface area (Å²) >= 11 is 0. The third kappa shape index (κ3) is 2.85. The number of hydrogen-bond donors (Lipinski definition) is 1. The Bertz CT molecular complexity index is 679. The molecule has 3 heterocycles. The highest BCUT2D eigenvalue weighted by atomic mass is 16.2. The molecule has 2 saturated heterocycles. The minimum Gasteiger partial charge on any atom is -0.351 e. The van der Waals surface area contributed by atoms with Gasteiger partial charge < -0.3 is 14.8 Å². The van der Waals surface area contributed by atoms with Crippen LogP contribution in [0.3, 0.4) is 0 Å². The number of carbonyl (C=O) groups is 2. The van der Waals surface area contributed by atoms with Crippen molar-refractivity contribution in [3.05, 3.63) is 18.2 Å². The minimum absolute atomic E-state index is 0.0971. The van der Waals surface area contributed by atoms with Crippen LogP contribution in [-0.4, -0.2) is 44.4 Å². The molecule has 2 bridgehead atoms. The van der Waals surface area contributed by atoms with E-state index in [0.29, 0.717) is 6.42 Å². The first-order valence-corrected chi connectivity index (χ1v) is 9.61. The summed E-state index contributed by atoms with van der Waals surface area (Å²) in [5.41, 5.74) is 0.844. The van der Waals surface area contributed by atoms with Crippen molar-refractivity contribution in [3.8, 4) is 0 Å². The van der Waals surface area contributed by atoms with Crippen LogP contribution in [-0.2, 0) is 23.1 Å². The molecule has 1 aromatic rings. The molecule has 0 unspecified atom stereocenters. The highest BCUT2D eigenvalue weighted by Gasteiger charge is 2.53. The summed E-state index contributed by atoms with van der Waals surface area (Å²) in [5.74, 6) is 0.397. The molecule has 1 N–H and O–H groups in total. The molecule has 2 aliphatic heterocycles. The van der Waals surface area contributed by atoms with Crippen molar-refractivity contribution in [2.45, 2.75) is 76.4 Å². The van der Waals surface area contributed by atoms with Gasteiger partial charge in [-0.25, -0.2) is 4.98 Å². The molecule has 3 fully saturated rings. The van der Waals surface area contributed by atoms with Gasteiger partial charge in [0.2, 0.25) is 11.8 Å². The van der Waals surface area contributed by atoms with Crippen LogP contribution in [0.15, 0.2) is 12.5 Å². The Labute approximate surface area is 149 Å². The van der Waals surface area contributed by atoms with Crippen molar-refractivity contribution in [1.82, 2.24) is 19.8 Å². The third-order valence-corrected chi connectivity index (χ3v) is 6.45. The summed E-state index contributed by atoms with van der Waals surface area (Å²) in [5, 5.41) is 3.30. The number of amides is 2. The van der Waals surface area contributed by atoms with E-state index in [-0.39, 0.29) is 35.4 Å². The maximum Gasteiger partial charge on any atom is 0.229 e. The van der Waals surface area contributed by atoms with Crippen molar-refractivity contribution in [2.24, 2.45) is 12.5 Å². The van der Waals surface area contributed by atoms with Crippen LogP contribution in [0.4, 0.5) is 0 Å². The number of hydrogen-bond acceptors (Lipinski definition) is 3. The molecular weight excluding hydrogens is 316 g/mol. The summed E-state index contributed by atoms with van der Waals surface area (Å²) in [6.45, 7) is 2.14. The zero-order chi connectivity index (χ0) is 17.6. The smallest absolute Gasteiger partial charge is 0.229 e. The number of nitrogens with one attached hydrogen (secondary N) is 1. The van der Waals surface area contributed by atoms with Crippen molar-refractivity contribution in [1.29, 1.82) is 0 Å². The highest BCUT2D eigenvalue weighted by molar-refractivity contribution is 5.86. The molecule has 3 atom stereocenters. The number of imidazole rings is 1. The number of fused-ring (bicyclic) bond motifs is 2. The Morgan fingerprint density at radius 3 is 2.80 bits per heavy atom. The van der Waals surface area contributed by atoms with Crippen LogP contribution >= 0.6 is 0 Å². The summed E-state index contributed by atoms with van der Waals surface area (Å²) in [4.78, 5) is 31.7. The van der Waals surface area contributed by atoms with E-state index in [4.69, 9.17) is 0 Å². The van der Waals surface area contributed by atoms with E-state index >= 15 is 0 Å². The Morgan fingerprint density at radius 2 is 2.16 bits per heavy atom. The number of aromatic nitrogens is 2. The lowest BCUT2D eigenvalue weighted by Crippen LogP contribution is -2.47. The average molecular weight is 344 g/mol. The Hall–Kier alpha value is -1.85. The summed E-state index contributed by atoms with van der Waals surface area (Å²) in [6.07, 6.45) is 11.0. The fourth-order valence-electron chi connectivity index (χ4n) is 4.88. The van der Waals surface area contributed by atoms with Crippen LogP contribution in [0.5, 0.6) is 0 Å². The van der Waals surface area contributed by atoms with Gasteiger partial charge in [-0.15, -0.1) is 0 Å². The molecule has 1 saturated carbocycles. The molecule has 0 radical (unpaired) electrons. The molecule has 4 rings (SSSR count). The summed E-state index contributed by atoms with van der Waals surface area (Å²) < 4.78 is 1.90. The molecule has 6 nitrogen and oxygen atoms in total. The van der Waals surface area contributed by atoms with Gasteiger partial charge in [-0.2, -0.15) is 0 Å². The van der Waals surface area contributed by atoms with E-state index in [1.54, 1.807) is 12.5 Å². The predicted octanol–water partition coefficient (Wildman–Crippen LogP) is 1.79. The number of aryl methyl sites for hydroxylation is 1. The number of carbonyl (C=O) groups excluding carboxylic acids is 2. The fourth-order valence-corrected chi connectivity index (χ4v) is 4.88. The normalized spacial score (nSPS) is 29.0. The number of nitrogens with zero attached hydrogens (tertiary/aromatic N) is 3. The zero-order valence-electron chi connectivity index (χ0n) is 15.2. The topological polar surface area (TPSA) is 67.2 Å².